The van der Waals surface area contributed by atoms with Crippen LogP contribution >= 0.6 is 0 Å². The van der Waals surface area contributed by atoms with Crippen molar-refractivity contribution in [2.75, 3.05) is 13.7 Å². The van der Waals surface area contributed by atoms with Gasteiger partial charge in [-0.1, -0.05) is 6.92 Å². The van der Waals surface area contributed by atoms with E-state index in [-0.39, 0.29) is 12.7 Å². The summed E-state index contributed by atoms with van der Waals surface area (Å²) in [7, 11) is 1.55. The van der Waals surface area contributed by atoms with E-state index in [9.17, 15) is 9.59 Å². The van der Waals surface area contributed by atoms with E-state index >= 15 is 0 Å². The van der Waals surface area contributed by atoms with E-state index in [0.717, 1.165) is 0 Å². The maximum absolute atomic E-state index is 11.3. The van der Waals surface area contributed by atoms with Crippen LogP contribution in [0.3, 0.4) is 0 Å². The maximum atomic E-state index is 11.3. The average molecular weight is 282 g/mol. The van der Waals surface area contributed by atoms with Gasteiger partial charge in [0.2, 0.25) is 0 Å². The number of carbonyl (C=O) groups is 2. The summed E-state index contributed by atoms with van der Waals surface area (Å²) < 4.78 is 19.4. The van der Waals surface area contributed by atoms with Crippen molar-refractivity contribution in [2.45, 2.75) is 26.4 Å². The molecule has 0 aliphatic carbocycles. The number of hydrogen-bond acceptors (Lipinski definition) is 6. The van der Waals surface area contributed by atoms with Crippen LogP contribution in [-0.4, -0.2) is 31.9 Å². The van der Waals surface area contributed by atoms with Crippen LogP contribution in [0.2, 0.25) is 0 Å². The molecule has 0 spiro atoms. The van der Waals surface area contributed by atoms with E-state index in [2.05, 4.69) is 4.74 Å². The Kier molecular flexibility index (Phi) is 6.36. The van der Waals surface area contributed by atoms with Crippen LogP contribution in [-0.2, 0) is 14.3 Å². The monoisotopic (exact) mass is 282 g/mol. The largest absolute Gasteiger partial charge is 0.516 e. The molecule has 1 aromatic rings. The molecule has 0 saturated carbocycles. The zero-order valence-corrected chi connectivity index (χ0v) is 11.8. The Morgan fingerprint density at radius 1 is 1.15 bits per heavy atom. The molecule has 0 heterocycles. The third kappa shape index (κ3) is 5.60. The SMILES string of the molecule is CCC(C)OC(=O)OC(=O)COc1ccc(OC)cc1. The second-order valence-corrected chi connectivity index (χ2v) is 4.02. The molecule has 1 unspecified atom stereocenters. The highest BCUT2D eigenvalue weighted by atomic mass is 16.7. The third-order valence-corrected chi connectivity index (χ3v) is 2.49. The topological polar surface area (TPSA) is 71.1 Å². The Labute approximate surface area is 117 Å². The molecule has 0 bridgehead atoms. The van der Waals surface area contributed by atoms with Gasteiger partial charge in [0.25, 0.3) is 0 Å². The van der Waals surface area contributed by atoms with Crippen molar-refractivity contribution in [3.63, 3.8) is 0 Å². The first-order chi connectivity index (χ1) is 9.55. The summed E-state index contributed by atoms with van der Waals surface area (Å²) in [5, 5.41) is 0. The number of benzene rings is 1. The summed E-state index contributed by atoms with van der Waals surface area (Å²) in [4.78, 5) is 22.5. The van der Waals surface area contributed by atoms with Crippen LogP contribution in [0.5, 0.6) is 11.5 Å². The molecular weight excluding hydrogens is 264 g/mol. The summed E-state index contributed by atoms with van der Waals surface area (Å²) >= 11 is 0. The number of esters is 1. The molecule has 0 aliphatic rings. The number of methoxy groups -OCH3 is 1. The van der Waals surface area contributed by atoms with E-state index in [4.69, 9.17) is 14.2 Å². The zero-order chi connectivity index (χ0) is 15.0. The molecular formula is C14H18O6. The fourth-order valence-electron chi connectivity index (χ4n) is 1.21. The van der Waals surface area contributed by atoms with Gasteiger partial charge in [-0.05, 0) is 37.6 Å². The van der Waals surface area contributed by atoms with Gasteiger partial charge in [-0.15, -0.1) is 0 Å². The lowest BCUT2D eigenvalue weighted by molar-refractivity contribution is -0.142. The minimum Gasteiger partial charge on any atom is -0.497 e. The first-order valence-corrected chi connectivity index (χ1v) is 6.23. The molecule has 6 nitrogen and oxygen atoms in total. The predicted molar refractivity (Wildman–Crippen MR) is 70.8 cm³/mol. The fraction of sp³-hybridized carbons (Fsp3) is 0.429. The molecule has 0 N–H and O–H groups in total. The fourth-order valence-corrected chi connectivity index (χ4v) is 1.21. The van der Waals surface area contributed by atoms with E-state index in [0.29, 0.717) is 17.9 Å². The van der Waals surface area contributed by atoms with Gasteiger partial charge in [-0.3, -0.25) is 0 Å². The van der Waals surface area contributed by atoms with Crippen molar-refractivity contribution in [1.29, 1.82) is 0 Å². The van der Waals surface area contributed by atoms with Crippen molar-refractivity contribution in [3.05, 3.63) is 24.3 Å². The van der Waals surface area contributed by atoms with Crippen LogP contribution < -0.4 is 9.47 Å². The van der Waals surface area contributed by atoms with Gasteiger partial charge in [0.15, 0.2) is 6.61 Å². The molecule has 20 heavy (non-hydrogen) atoms. The standard InChI is InChI=1S/C14H18O6/c1-4-10(2)19-14(16)20-13(15)9-18-12-7-5-11(17-3)6-8-12/h5-8,10H,4,9H2,1-3H3. The molecule has 0 saturated heterocycles. The van der Waals surface area contributed by atoms with Crippen LogP contribution in [0.25, 0.3) is 0 Å². The van der Waals surface area contributed by atoms with E-state index < -0.39 is 12.1 Å². The van der Waals surface area contributed by atoms with Crippen LogP contribution in [0.4, 0.5) is 4.79 Å². The van der Waals surface area contributed by atoms with Gasteiger partial charge in [0, 0.05) is 0 Å². The lowest BCUT2D eigenvalue weighted by atomic mass is 10.3. The molecule has 0 fully saturated rings. The third-order valence-electron chi connectivity index (χ3n) is 2.49. The number of carbonyl (C=O) groups excluding carboxylic acids is 2. The number of rotatable bonds is 6. The highest BCUT2D eigenvalue weighted by molar-refractivity contribution is 5.82. The Morgan fingerprint density at radius 2 is 1.75 bits per heavy atom. The molecule has 1 atom stereocenters. The molecule has 6 heteroatoms. The molecule has 110 valence electrons. The lowest BCUT2D eigenvalue weighted by Crippen LogP contribution is -2.22. The number of ether oxygens (including phenoxy) is 4. The highest BCUT2D eigenvalue weighted by Gasteiger charge is 2.14. The van der Waals surface area contributed by atoms with Crippen LogP contribution in [0.15, 0.2) is 24.3 Å². The molecule has 1 aromatic carbocycles. The van der Waals surface area contributed by atoms with E-state index in [1.807, 2.05) is 6.92 Å². The summed E-state index contributed by atoms with van der Waals surface area (Å²) in [5.74, 6) is 0.337. The summed E-state index contributed by atoms with van der Waals surface area (Å²) in [6.07, 6.45) is -0.661. The second-order valence-electron chi connectivity index (χ2n) is 4.02. The average Bonchev–Trinajstić information content (AvgIpc) is 2.45. The highest BCUT2D eigenvalue weighted by Crippen LogP contribution is 2.16. The first kappa shape index (κ1) is 15.8. The van der Waals surface area contributed by atoms with Crippen molar-refractivity contribution >= 4 is 12.1 Å². The Balaban J connectivity index is 2.33. The van der Waals surface area contributed by atoms with E-state index in [1.165, 1.54) is 0 Å². The maximum Gasteiger partial charge on any atom is 0.516 e. The molecule has 1 rings (SSSR count). The predicted octanol–water partition coefficient (Wildman–Crippen LogP) is 2.55. The Bertz CT molecular complexity index is 439. The van der Waals surface area contributed by atoms with Gasteiger partial charge in [0.1, 0.15) is 17.6 Å². The smallest absolute Gasteiger partial charge is 0.497 e. The van der Waals surface area contributed by atoms with Gasteiger partial charge < -0.3 is 18.9 Å². The van der Waals surface area contributed by atoms with E-state index in [1.54, 1.807) is 38.3 Å². The first-order valence-electron chi connectivity index (χ1n) is 6.23. The van der Waals surface area contributed by atoms with Crippen molar-refractivity contribution < 1.29 is 28.5 Å². The summed E-state index contributed by atoms with van der Waals surface area (Å²) in [5.41, 5.74) is 0. The lowest BCUT2D eigenvalue weighted by Gasteiger charge is -2.10. The van der Waals surface area contributed by atoms with Gasteiger partial charge in [-0.25, -0.2) is 9.59 Å². The Morgan fingerprint density at radius 3 is 2.30 bits per heavy atom. The summed E-state index contributed by atoms with van der Waals surface area (Å²) in [6.45, 7) is 3.19. The van der Waals surface area contributed by atoms with Gasteiger partial charge in [0.05, 0.1) is 7.11 Å². The quantitative estimate of drug-likeness (QED) is 0.590. The molecule has 0 aromatic heterocycles. The number of hydrogen-bond donors (Lipinski definition) is 0. The molecule has 0 radical (unpaired) electrons. The minimum absolute atomic E-state index is 0.294. The minimum atomic E-state index is -1.01. The van der Waals surface area contributed by atoms with Gasteiger partial charge in [-0.2, -0.15) is 0 Å². The van der Waals surface area contributed by atoms with Crippen LogP contribution in [0, 0.1) is 0 Å². The van der Waals surface area contributed by atoms with Crippen molar-refractivity contribution in [3.8, 4) is 11.5 Å². The van der Waals surface area contributed by atoms with Crippen LogP contribution in [0.1, 0.15) is 20.3 Å². The van der Waals surface area contributed by atoms with Crippen molar-refractivity contribution in [2.24, 2.45) is 0 Å². The molecule has 0 amide bonds. The Hall–Kier alpha value is -2.24. The molecule has 0 aliphatic heterocycles. The second kappa shape index (κ2) is 8.04. The zero-order valence-electron chi connectivity index (χ0n) is 11.8. The van der Waals surface area contributed by atoms with Crippen molar-refractivity contribution in [1.82, 2.24) is 0 Å². The normalized spacial score (nSPS) is 11.3. The summed E-state index contributed by atoms with van der Waals surface area (Å²) in [6, 6.07) is 6.67. The van der Waals surface area contributed by atoms with Gasteiger partial charge >= 0.3 is 12.1 Å².